The van der Waals surface area contributed by atoms with Crippen LogP contribution in [0.3, 0.4) is 0 Å². The summed E-state index contributed by atoms with van der Waals surface area (Å²) in [4.78, 5) is 24.4. The van der Waals surface area contributed by atoms with E-state index in [1.54, 1.807) is 31.2 Å². The van der Waals surface area contributed by atoms with Gasteiger partial charge in [-0.25, -0.2) is 4.79 Å². The highest BCUT2D eigenvalue weighted by Gasteiger charge is 2.18. The maximum atomic E-state index is 12.4. The lowest BCUT2D eigenvalue weighted by Crippen LogP contribution is -2.29. The highest BCUT2D eigenvalue weighted by Crippen LogP contribution is 2.17. The minimum atomic E-state index is -0.713. The van der Waals surface area contributed by atoms with Crippen LogP contribution >= 0.6 is 0 Å². The van der Waals surface area contributed by atoms with Crippen molar-refractivity contribution in [2.24, 2.45) is 0 Å². The number of unbranched alkanes of at least 4 members (excludes halogenated alkanes) is 1. The van der Waals surface area contributed by atoms with Crippen molar-refractivity contribution in [3.05, 3.63) is 59.7 Å². The van der Waals surface area contributed by atoms with Crippen molar-refractivity contribution in [1.29, 1.82) is 0 Å². The zero-order valence-electron chi connectivity index (χ0n) is 17.7. The lowest BCUT2D eigenvalue weighted by molar-refractivity contribution is -0.155. The molecule has 5 heteroatoms. The van der Waals surface area contributed by atoms with Gasteiger partial charge >= 0.3 is 5.97 Å². The minimum Gasteiger partial charge on any atom is -0.479 e. The Hall–Kier alpha value is -2.82. The lowest BCUT2D eigenvalue weighted by Gasteiger charge is -2.17. The monoisotopic (exact) mass is 397 g/mol. The van der Waals surface area contributed by atoms with Crippen molar-refractivity contribution in [2.45, 2.75) is 65.6 Å². The molecule has 2 aromatic carbocycles. The van der Waals surface area contributed by atoms with Gasteiger partial charge in [-0.2, -0.15) is 0 Å². The van der Waals surface area contributed by atoms with E-state index in [-0.39, 0.29) is 12.0 Å². The van der Waals surface area contributed by atoms with Crippen LogP contribution in [0.15, 0.2) is 48.5 Å². The van der Waals surface area contributed by atoms with Crippen molar-refractivity contribution < 1.29 is 19.1 Å². The molecule has 0 bridgehead atoms. The van der Waals surface area contributed by atoms with Gasteiger partial charge in [0.15, 0.2) is 6.10 Å². The quantitative estimate of drug-likeness (QED) is 0.546. The van der Waals surface area contributed by atoms with E-state index in [1.165, 1.54) is 5.56 Å². The molecule has 0 saturated heterocycles. The normalized spacial score (nSPS) is 12.7. The Balaban J connectivity index is 1.90. The van der Waals surface area contributed by atoms with Crippen LogP contribution in [0.4, 0.5) is 5.69 Å². The molecule has 2 rings (SSSR count). The highest BCUT2D eigenvalue weighted by molar-refractivity contribution is 6.04. The molecule has 0 radical (unpaired) electrons. The van der Waals surface area contributed by atoms with Gasteiger partial charge < -0.3 is 14.8 Å². The fourth-order valence-corrected chi connectivity index (χ4v) is 2.65. The molecule has 0 aromatic heterocycles. The molecule has 0 heterocycles. The number of hydrogen-bond acceptors (Lipinski definition) is 4. The fraction of sp³-hybridized carbons (Fsp3) is 0.417. The molecule has 2 unspecified atom stereocenters. The largest absolute Gasteiger partial charge is 0.479 e. The summed E-state index contributed by atoms with van der Waals surface area (Å²) in [5.74, 6) is -0.0823. The standard InChI is InChI=1S/C24H31NO4/c1-5-7-8-19-9-13-21(14-10-19)25-23(26)20-11-15-22(16-12-20)29-18(4)24(27)28-17(3)6-2/h9-18H,5-8H2,1-4H3,(H,25,26). The first kappa shape index (κ1) is 22.5. The Morgan fingerprint density at radius 2 is 1.62 bits per heavy atom. The summed E-state index contributed by atoms with van der Waals surface area (Å²) >= 11 is 0. The first-order valence-electron chi connectivity index (χ1n) is 10.3. The Bertz CT molecular complexity index is 784. The van der Waals surface area contributed by atoms with Crippen LogP contribution in [0, 0.1) is 0 Å². The molecule has 2 aromatic rings. The highest BCUT2D eigenvalue weighted by atomic mass is 16.6. The average molecular weight is 398 g/mol. The summed E-state index contributed by atoms with van der Waals surface area (Å²) < 4.78 is 10.9. The molecule has 2 atom stereocenters. The van der Waals surface area contributed by atoms with Gasteiger partial charge in [0, 0.05) is 11.3 Å². The van der Waals surface area contributed by atoms with Crippen molar-refractivity contribution in [2.75, 3.05) is 5.32 Å². The van der Waals surface area contributed by atoms with Crippen LogP contribution in [0.5, 0.6) is 5.75 Å². The topological polar surface area (TPSA) is 64.6 Å². The van der Waals surface area contributed by atoms with Gasteiger partial charge in [0.1, 0.15) is 5.75 Å². The zero-order chi connectivity index (χ0) is 21.2. The zero-order valence-corrected chi connectivity index (χ0v) is 17.7. The van der Waals surface area contributed by atoms with E-state index >= 15 is 0 Å². The molecule has 156 valence electrons. The molecule has 1 N–H and O–H groups in total. The van der Waals surface area contributed by atoms with E-state index in [4.69, 9.17) is 9.47 Å². The number of rotatable bonds is 10. The van der Waals surface area contributed by atoms with Crippen LogP contribution in [0.2, 0.25) is 0 Å². The van der Waals surface area contributed by atoms with Crippen molar-refractivity contribution in [3.63, 3.8) is 0 Å². The maximum absolute atomic E-state index is 12.4. The van der Waals surface area contributed by atoms with Crippen molar-refractivity contribution in [1.82, 2.24) is 0 Å². The molecule has 0 aliphatic carbocycles. The molecule has 0 saturated carbocycles. The van der Waals surface area contributed by atoms with Crippen LogP contribution in [-0.4, -0.2) is 24.1 Å². The fourth-order valence-electron chi connectivity index (χ4n) is 2.65. The van der Waals surface area contributed by atoms with Crippen LogP contribution < -0.4 is 10.1 Å². The number of benzene rings is 2. The summed E-state index contributed by atoms with van der Waals surface area (Å²) in [5, 5.41) is 2.89. The summed E-state index contributed by atoms with van der Waals surface area (Å²) in [6, 6.07) is 14.6. The first-order chi connectivity index (χ1) is 13.9. The van der Waals surface area contributed by atoms with Crippen LogP contribution in [-0.2, 0) is 16.0 Å². The number of anilines is 1. The molecule has 5 nitrogen and oxygen atoms in total. The number of hydrogen-bond donors (Lipinski definition) is 1. The molecular formula is C24H31NO4. The maximum Gasteiger partial charge on any atom is 0.347 e. The summed E-state index contributed by atoms with van der Waals surface area (Å²) in [6.07, 6.45) is 3.28. The van der Waals surface area contributed by atoms with E-state index < -0.39 is 12.1 Å². The number of carbonyl (C=O) groups is 2. The third-order valence-corrected chi connectivity index (χ3v) is 4.68. The van der Waals surface area contributed by atoms with E-state index in [1.807, 2.05) is 38.1 Å². The number of esters is 1. The Morgan fingerprint density at radius 3 is 2.21 bits per heavy atom. The number of nitrogens with one attached hydrogen (secondary N) is 1. The van der Waals surface area contributed by atoms with E-state index in [0.717, 1.165) is 31.4 Å². The molecule has 29 heavy (non-hydrogen) atoms. The van der Waals surface area contributed by atoms with Crippen LogP contribution in [0.1, 0.15) is 62.9 Å². The predicted molar refractivity (Wildman–Crippen MR) is 115 cm³/mol. The van der Waals surface area contributed by atoms with Gasteiger partial charge in [-0.1, -0.05) is 32.4 Å². The van der Waals surface area contributed by atoms with Gasteiger partial charge in [0.25, 0.3) is 5.91 Å². The number of aryl methyl sites for hydroxylation is 1. The third-order valence-electron chi connectivity index (χ3n) is 4.68. The van der Waals surface area contributed by atoms with Gasteiger partial charge in [0.05, 0.1) is 6.10 Å². The SMILES string of the molecule is CCCCc1ccc(NC(=O)c2ccc(OC(C)C(=O)OC(C)CC)cc2)cc1. The summed E-state index contributed by atoms with van der Waals surface area (Å²) in [6.45, 7) is 7.62. The van der Waals surface area contributed by atoms with Gasteiger partial charge in [-0.15, -0.1) is 0 Å². The summed E-state index contributed by atoms with van der Waals surface area (Å²) in [7, 11) is 0. The third kappa shape index (κ3) is 7.26. The number of carbonyl (C=O) groups excluding carboxylic acids is 2. The van der Waals surface area contributed by atoms with Gasteiger partial charge in [0.2, 0.25) is 0 Å². The summed E-state index contributed by atoms with van der Waals surface area (Å²) in [5.41, 5.74) is 2.55. The number of ether oxygens (including phenoxy) is 2. The Kier molecular flexibility index (Phi) is 8.71. The van der Waals surface area contributed by atoms with Crippen molar-refractivity contribution >= 4 is 17.6 Å². The van der Waals surface area contributed by atoms with E-state index in [2.05, 4.69) is 12.2 Å². The molecule has 0 fully saturated rings. The molecule has 0 aliphatic rings. The Labute approximate surface area is 173 Å². The number of amides is 1. The molecule has 0 aliphatic heterocycles. The van der Waals surface area contributed by atoms with Gasteiger partial charge in [-0.05, 0) is 75.1 Å². The smallest absolute Gasteiger partial charge is 0.347 e. The average Bonchev–Trinajstić information content (AvgIpc) is 2.73. The molecule has 0 spiro atoms. The minimum absolute atomic E-state index is 0.139. The van der Waals surface area contributed by atoms with E-state index in [9.17, 15) is 9.59 Å². The first-order valence-corrected chi connectivity index (χ1v) is 10.3. The lowest BCUT2D eigenvalue weighted by atomic mass is 10.1. The van der Waals surface area contributed by atoms with Crippen molar-refractivity contribution in [3.8, 4) is 5.75 Å². The van der Waals surface area contributed by atoms with E-state index in [0.29, 0.717) is 11.3 Å². The molecular weight excluding hydrogens is 366 g/mol. The second-order valence-electron chi connectivity index (χ2n) is 7.19. The van der Waals surface area contributed by atoms with Crippen LogP contribution in [0.25, 0.3) is 0 Å². The predicted octanol–water partition coefficient (Wildman–Crippen LogP) is 5.39. The second-order valence-corrected chi connectivity index (χ2v) is 7.19. The van der Waals surface area contributed by atoms with Gasteiger partial charge in [-0.3, -0.25) is 4.79 Å². The second kappa shape index (κ2) is 11.2. The molecule has 1 amide bonds. The Morgan fingerprint density at radius 1 is 0.966 bits per heavy atom.